The van der Waals surface area contributed by atoms with E-state index in [-0.39, 0.29) is 29.0 Å². The molecule has 3 aliphatic rings. The first kappa shape index (κ1) is 24.4. The van der Waals surface area contributed by atoms with Crippen LogP contribution in [0.15, 0.2) is 59.1 Å². The van der Waals surface area contributed by atoms with Crippen LogP contribution < -0.4 is 4.74 Å². The molecule has 0 radical (unpaired) electrons. The zero-order valence-corrected chi connectivity index (χ0v) is 21.6. The van der Waals surface area contributed by atoms with Gasteiger partial charge in [-0.2, -0.15) is 0 Å². The summed E-state index contributed by atoms with van der Waals surface area (Å²) < 4.78 is 12.4. The fourth-order valence-corrected chi connectivity index (χ4v) is 5.91. The SMILES string of the molecule is COc1c(-c2cccc(CO)n2)cccc1C1C2=C(CC(C)(C)CC2=O)OC2=C1C(=O)CC(C)(C)C2. The minimum absolute atomic E-state index is 0.0169. The summed E-state index contributed by atoms with van der Waals surface area (Å²) >= 11 is 0. The number of para-hydroxylation sites is 1. The number of ketones is 2. The minimum atomic E-state index is -0.549. The highest BCUT2D eigenvalue weighted by Gasteiger charge is 2.48. The molecule has 0 bridgehead atoms. The molecule has 0 saturated heterocycles. The molecule has 6 nitrogen and oxygen atoms in total. The molecule has 36 heavy (non-hydrogen) atoms. The average Bonchev–Trinajstić information content (AvgIpc) is 2.80. The van der Waals surface area contributed by atoms with Crippen molar-refractivity contribution >= 4 is 11.6 Å². The molecule has 1 aliphatic heterocycles. The zero-order valence-electron chi connectivity index (χ0n) is 21.6. The maximum atomic E-state index is 13.6. The third kappa shape index (κ3) is 4.17. The number of hydrogen-bond acceptors (Lipinski definition) is 6. The predicted molar refractivity (Wildman–Crippen MR) is 136 cm³/mol. The highest BCUT2D eigenvalue weighted by atomic mass is 16.5. The lowest BCUT2D eigenvalue weighted by molar-refractivity contribution is -0.120. The number of aliphatic hydroxyl groups excluding tert-OH is 1. The summed E-state index contributed by atoms with van der Waals surface area (Å²) in [5.41, 5.74) is 3.44. The Balaban J connectivity index is 1.75. The van der Waals surface area contributed by atoms with Gasteiger partial charge in [-0.3, -0.25) is 14.6 Å². The largest absolute Gasteiger partial charge is 0.496 e. The number of carbonyl (C=O) groups excluding carboxylic acids is 2. The van der Waals surface area contributed by atoms with Crippen molar-refractivity contribution in [2.75, 3.05) is 7.11 Å². The normalized spacial score (nSPS) is 21.2. The summed E-state index contributed by atoms with van der Waals surface area (Å²) in [6.07, 6.45) is 2.07. The van der Waals surface area contributed by atoms with Crippen molar-refractivity contribution in [1.29, 1.82) is 0 Å². The van der Waals surface area contributed by atoms with E-state index in [9.17, 15) is 14.7 Å². The van der Waals surface area contributed by atoms with Crippen molar-refractivity contribution < 1.29 is 24.2 Å². The van der Waals surface area contributed by atoms with E-state index in [4.69, 9.17) is 9.47 Å². The van der Waals surface area contributed by atoms with Gasteiger partial charge >= 0.3 is 0 Å². The summed E-state index contributed by atoms with van der Waals surface area (Å²) in [6, 6.07) is 11.2. The topological polar surface area (TPSA) is 85.7 Å². The van der Waals surface area contributed by atoms with Crippen molar-refractivity contribution in [2.45, 2.75) is 65.9 Å². The average molecular weight is 488 g/mol. The maximum absolute atomic E-state index is 13.6. The van der Waals surface area contributed by atoms with Gasteiger partial charge in [-0.1, -0.05) is 45.9 Å². The van der Waals surface area contributed by atoms with Crippen LogP contribution in [0.1, 0.15) is 70.6 Å². The molecule has 188 valence electrons. The number of methoxy groups -OCH3 is 1. The van der Waals surface area contributed by atoms with E-state index in [0.29, 0.717) is 65.5 Å². The third-order valence-corrected chi connectivity index (χ3v) is 7.39. The van der Waals surface area contributed by atoms with Crippen molar-refractivity contribution in [2.24, 2.45) is 10.8 Å². The molecule has 2 heterocycles. The summed E-state index contributed by atoms with van der Waals surface area (Å²) in [5.74, 6) is 1.41. The number of allylic oxidation sites excluding steroid dienone is 4. The number of pyridine rings is 1. The maximum Gasteiger partial charge on any atom is 0.163 e. The van der Waals surface area contributed by atoms with Gasteiger partial charge in [0.2, 0.25) is 0 Å². The van der Waals surface area contributed by atoms with Crippen LogP contribution in [0.2, 0.25) is 0 Å². The van der Waals surface area contributed by atoms with Gasteiger partial charge in [0.1, 0.15) is 17.3 Å². The number of hydrogen-bond donors (Lipinski definition) is 1. The van der Waals surface area contributed by atoms with Gasteiger partial charge in [-0.25, -0.2) is 0 Å². The molecular formula is C30H33NO5. The standard InChI is InChI=1S/C30H33NO5/c1-29(2)12-21(33)26-23(14-29)36-24-15-30(3,4)13-22(34)27(24)25(26)19-10-7-9-18(28(19)35-5)20-11-6-8-17(16-32)31-20/h6-11,25,32H,12-16H2,1-5H3. The Morgan fingerprint density at radius 3 is 2.06 bits per heavy atom. The molecule has 2 aliphatic carbocycles. The van der Waals surface area contributed by atoms with Crippen LogP contribution in [0, 0.1) is 10.8 Å². The Bertz CT molecular complexity index is 1280. The number of rotatable bonds is 4. The zero-order chi connectivity index (χ0) is 25.8. The van der Waals surface area contributed by atoms with Crippen LogP contribution >= 0.6 is 0 Å². The van der Waals surface area contributed by atoms with Crippen LogP contribution in [-0.2, 0) is 20.9 Å². The van der Waals surface area contributed by atoms with E-state index in [1.54, 1.807) is 13.2 Å². The highest BCUT2D eigenvalue weighted by Crippen LogP contribution is 2.55. The minimum Gasteiger partial charge on any atom is -0.496 e. The Hall–Kier alpha value is -3.25. The molecule has 2 aromatic rings. The van der Waals surface area contributed by atoms with Gasteiger partial charge in [-0.15, -0.1) is 0 Å². The van der Waals surface area contributed by atoms with Gasteiger partial charge in [-0.05, 0) is 29.0 Å². The lowest BCUT2D eigenvalue weighted by Crippen LogP contribution is -2.37. The Morgan fingerprint density at radius 2 is 1.50 bits per heavy atom. The Kier molecular flexibility index (Phi) is 5.91. The first-order valence-electron chi connectivity index (χ1n) is 12.5. The molecule has 1 aromatic carbocycles. The van der Waals surface area contributed by atoms with Gasteiger partial charge in [0.25, 0.3) is 0 Å². The summed E-state index contributed by atoms with van der Waals surface area (Å²) in [6.45, 7) is 8.14. The van der Waals surface area contributed by atoms with Gasteiger partial charge < -0.3 is 14.6 Å². The highest BCUT2D eigenvalue weighted by molar-refractivity contribution is 6.06. The smallest absolute Gasteiger partial charge is 0.163 e. The first-order valence-corrected chi connectivity index (χ1v) is 12.5. The summed E-state index contributed by atoms with van der Waals surface area (Å²) in [7, 11) is 1.60. The van der Waals surface area contributed by atoms with E-state index in [2.05, 4.69) is 32.7 Å². The van der Waals surface area contributed by atoms with Crippen LogP contribution in [0.4, 0.5) is 0 Å². The van der Waals surface area contributed by atoms with Crippen molar-refractivity contribution in [1.82, 2.24) is 4.98 Å². The van der Waals surface area contributed by atoms with E-state index in [0.717, 1.165) is 11.1 Å². The van der Waals surface area contributed by atoms with Crippen LogP contribution in [0.25, 0.3) is 11.3 Å². The molecule has 0 fully saturated rings. The molecular weight excluding hydrogens is 454 g/mol. The van der Waals surface area contributed by atoms with E-state index in [1.165, 1.54) is 0 Å². The number of ether oxygens (including phenoxy) is 2. The Morgan fingerprint density at radius 1 is 0.917 bits per heavy atom. The number of aromatic nitrogens is 1. The number of benzene rings is 1. The van der Waals surface area contributed by atoms with Gasteiger partial charge in [0.05, 0.1) is 31.0 Å². The second kappa shape index (κ2) is 8.70. The molecule has 0 unspecified atom stereocenters. The third-order valence-electron chi connectivity index (χ3n) is 7.39. The number of carbonyl (C=O) groups is 2. The van der Waals surface area contributed by atoms with Crippen molar-refractivity contribution in [3.05, 3.63) is 70.3 Å². The fourth-order valence-electron chi connectivity index (χ4n) is 5.91. The molecule has 0 amide bonds. The lowest BCUT2D eigenvalue weighted by atomic mass is 9.65. The lowest BCUT2D eigenvalue weighted by Gasteiger charge is -2.43. The molecule has 5 rings (SSSR count). The second-order valence-corrected chi connectivity index (χ2v) is 11.7. The number of nitrogens with zero attached hydrogens (tertiary/aromatic N) is 1. The van der Waals surface area contributed by atoms with Gasteiger partial charge in [0, 0.05) is 48.0 Å². The monoisotopic (exact) mass is 487 g/mol. The summed E-state index contributed by atoms with van der Waals surface area (Å²) in [4.78, 5) is 31.8. The fraction of sp³-hybridized carbons (Fsp3) is 0.433. The van der Waals surface area contributed by atoms with E-state index in [1.807, 2.05) is 30.3 Å². The van der Waals surface area contributed by atoms with Crippen molar-refractivity contribution in [3.8, 4) is 17.0 Å². The predicted octanol–water partition coefficient (Wildman–Crippen LogP) is 5.65. The van der Waals surface area contributed by atoms with Gasteiger partial charge in [0.15, 0.2) is 11.6 Å². The van der Waals surface area contributed by atoms with E-state index >= 15 is 0 Å². The molecule has 0 spiro atoms. The molecule has 6 heteroatoms. The molecule has 0 saturated carbocycles. The van der Waals surface area contributed by atoms with E-state index < -0.39 is 5.92 Å². The quantitative estimate of drug-likeness (QED) is 0.600. The van der Waals surface area contributed by atoms with Crippen molar-refractivity contribution in [3.63, 3.8) is 0 Å². The molecule has 0 atom stereocenters. The second-order valence-electron chi connectivity index (χ2n) is 11.7. The number of aliphatic hydroxyl groups is 1. The van der Waals surface area contributed by atoms with Crippen LogP contribution in [0.3, 0.4) is 0 Å². The van der Waals surface area contributed by atoms with Crippen LogP contribution in [0.5, 0.6) is 5.75 Å². The summed E-state index contributed by atoms with van der Waals surface area (Å²) in [5, 5.41) is 9.60. The first-order chi connectivity index (χ1) is 17.0. The Labute approximate surface area is 212 Å². The number of Topliss-reactive ketones (excluding diaryl/α,β-unsaturated/α-hetero) is 2. The van der Waals surface area contributed by atoms with Crippen LogP contribution in [-0.4, -0.2) is 28.8 Å². The molecule has 1 aromatic heterocycles. The molecule has 1 N–H and O–H groups in total.